The summed E-state index contributed by atoms with van der Waals surface area (Å²) in [5, 5.41) is 3.98. The molecule has 22 heavy (non-hydrogen) atoms. The topological polar surface area (TPSA) is 52.3 Å². The van der Waals surface area contributed by atoms with Gasteiger partial charge < -0.3 is 9.26 Å². The zero-order chi connectivity index (χ0) is 15.4. The SMILES string of the molecule is O=Cc1cc(Br)ccc1OCc1cc(-c2ccccc2)on1. The van der Waals surface area contributed by atoms with E-state index in [4.69, 9.17) is 9.26 Å². The molecule has 110 valence electrons. The zero-order valence-corrected chi connectivity index (χ0v) is 13.1. The van der Waals surface area contributed by atoms with Gasteiger partial charge in [0.2, 0.25) is 0 Å². The number of nitrogens with zero attached hydrogens (tertiary/aromatic N) is 1. The van der Waals surface area contributed by atoms with E-state index in [0.29, 0.717) is 22.8 Å². The molecule has 1 aromatic heterocycles. The van der Waals surface area contributed by atoms with Gasteiger partial charge in [0.05, 0.1) is 5.56 Å². The van der Waals surface area contributed by atoms with Gasteiger partial charge in [-0.3, -0.25) is 4.79 Å². The molecular weight excluding hydrogens is 346 g/mol. The molecule has 4 nitrogen and oxygen atoms in total. The fourth-order valence-electron chi connectivity index (χ4n) is 2.01. The van der Waals surface area contributed by atoms with Crippen LogP contribution in [0.4, 0.5) is 0 Å². The van der Waals surface area contributed by atoms with E-state index in [9.17, 15) is 4.79 Å². The Bertz CT molecular complexity index is 784. The Hall–Kier alpha value is -2.40. The first-order valence-corrected chi connectivity index (χ1v) is 7.44. The Kier molecular flexibility index (Phi) is 4.34. The van der Waals surface area contributed by atoms with Crippen LogP contribution in [0.1, 0.15) is 16.1 Å². The Balaban J connectivity index is 1.73. The Morgan fingerprint density at radius 1 is 1.14 bits per heavy atom. The van der Waals surface area contributed by atoms with Crippen LogP contribution in [0.25, 0.3) is 11.3 Å². The lowest BCUT2D eigenvalue weighted by Crippen LogP contribution is -1.98. The molecule has 0 aliphatic carbocycles. The van der Waals surface area contributed by atoms with E-state index in [1.54, 1.807) is 12.1 Å². The number of ether oxygens (including phenoxy) is 1. The molecule has 0 radical (unpaired) electrons. The number of aromatic nitrogens is 1. The van der Waals surface area contributed by atoms with Crippen LogP contribution >= 0.6 is 15.9 Å². The monoisotopic (exact) mass is 357 g/mol. The van der Waals surface area contributed by atoms with Crippen LogP contribution in [-0.4, -0.2) is 11.4 Å². The van der Waals surface area contributed by atoms with E-state index in [0.717, 1.165) is 16.3 Å². The summed E-state index contributed by atoms with van der Waals surface area (Å²) in [6, 6.07) is 16.8. The van der Waals surface area contributed by atoms with Crippen LogP contribution < -0.4 is 4.74 Å². The van der Waals surface area contributed by atoms with E-state index in [2.05, 4.69) is 21.1 Å². The van der Waals surface area contributed by atoms with E-state index in [1.165, 1.54) is 0 Å². The highest BCUT2D eigenvalue weighted by atomic mass is 79.9. The number of aldehydes is 1. The first kappa shape index (κ1) is 14.5. The van der Waals surface area contributed by atoms with Gasteiger partial charge in [-0.05, 0) is 18.2 Å². The second-order valence-electron chi connectivity index (χ2n) is 4.64. The van der Waals surface area contributed by atoms with Gasteiger partial charge in [-0.25, -0.2) is 0 Å². The van der Waals surface area contributed by atoms with Gasteiger partial charge >= 0.3 is 0 Å². The van der Waals surface area contributed by atoms with Crippen LogP contribution in [0.3, 0.4) is 0 Å². The summed E-state index contributed by atoms with van der Waals surface area (Å²) < 4.78 is 11.8. The molecule has 3 aromatic rings. The first-order valence-electron chi connectivity index (χ1n) is 6.65. The lowest BCUT2D eigenvalue weighted by Gasteiger charge is -2.06. The van der Waals surface area contributed by atoms with Crippen molar-refractivity contribution in [1.29, 1.82) is 0 Å². The molecule has 0 aliphatic heterocycles. The number of hydrogen-bond acceptors (Lipinski definition) is 4. The summed E-state index contributed by atoms with van der Waals surface area (Å²) >= 11 is 3.32. The van der Waals surface area contributed by atoms with Gasteiger partial charge in [0.15, 0.2) is 12.0 Å². The fourth-order valence-corrected chi connectivity index (χ4v) is 2.39. The standard InChI is InChI=1S/C17H12BrNO3/c18-14-6-7-16(13(8-14)10-20)21-11-15-9-17(22-19-15)12-4-2-1-3-5-12/h1-10H,11H2. The van der Waals surface area contributed by atoms with Crippen LogP contribution in [0, 0.1) is 0 Å². The molecule has 0 unspecified atom stereocenters. The van der Waals surface area contributed by atoms with Gasteiger partial charge in [0, 0.05) is 16.1 Å². The van der Waals surface area contributed by atoms with Crippen molar-refractivity contribution in [3.8, 4) is 17.1 Å². The highest BCUT2D eigenvalue weighted by Crippen LogP contribution is 2.24. The predicted octanol–water partition coefficient (Wildman–Crippen LogP) is 4.50. The molecule has 1 heterocycles. The molecule has 3 rings (SSSR count). The maximum atomic E-state index is 11.0. The average molecular weight is 358 g/mol. The first-order chi connectivity index (χ1) is 10.8. The third kappa shape index (κ3) is 3.26. The summed E-state index contributed by atoms with van der Waals surface area (Å²) in [7, 11) is 0. The lowest BCUT2D eigenvalue weighted by molar-refractivity contribution is 0.111. The molecule has 5 heteroatoms. The quantitative estimate of drug-likeness (QED) is 0.631. The number of carbonyl (C=O) groups excluding carboxylic acids is 1. The number of benzene rings is 2. The van der Waals surface area contributed by atoms with Gasteiger partial charge in [-0.1, -0.05) is 51.4 Å². The van der Waals surface area contributed by atoms with E-state index < -0.39 is 0 Å². The van der Waals surface area contributed by atoms with Crippen molar-refractivity contribution in [2.45, 2.75) is 6.61 Å². The highest BCUT2D eigenvalue weighted by Gasteiger charge is 2.09. The Morgan fingerprint density at radius 3 is 2.73 bits per heavy atom. The summed E-state index contributed by atoms with van der Waals surface area (Å²) in [6.45, 7) is 0.235. The lowest BCUT2D eigenvalue weighted by atomic mass is 10.2. The number of carbonyl (C=O) groups is 1. The zero-order valence-electron chi connectivity index (χ0n) is 11.5. The minimum Gasteiger partial charge on any atom is -0.486 e. The second kappa shape index (κ2) is 6.58. The van der Waals surface area contributed by atoms with Crippen LogP contribution in [-0.2, 0) is 6.61 Å². The number of hydrogen-bond donors (Lipinski definition) is 0. The number of rotatable bonds is 5. The fraction of sp³-hybridized carbons (Fsp3) is 0.0588. The third-order valence-electron chi connectivity index (χ3n) is 3.09. The molecule has 2 aromatic carbocycles. The van der Waals surface area contributed by atoms with Crippen LogP contribution in [0.5, 0.6) is 5.75 Å². The van der Waals surface area contributed by atoms with Crippen molar-refractivity contribution in [2.24, 2.45) is 0 Å². The molecule has 0 bridgehead atoms. The summed E-state index contributed by atoms with van der Waals surface area (Å²) in [5.41, 5.74) is 2.11. The molecule has 0 saturated heterocycles. The van der Waals surface area contributed by atoms with Crippen LogP contribution in [0.15, 0.2) is 63.6 Å². The maximum Gasteiger partial charge on any atom is 0.167 e. The van der Waals surface area contributed by atoms with Crippen molar-refractivity contribution >= 4 is 22.2 Å². The van der Waals surface area contributed by atoms with Gasteiger partial charge in [0.1, 0.15) is 18.1 Å². The van der Waals surface area contributed by atoms with Crippen LogP contribution in [0.2, 0.25) is 0 Å². The van der Waals surface area contributed by atoms with E-state index in [1.807, 2.05) is 42.5 Å². The summed E-state index contributed by atoms with van der Waals surface area (Å²) in [6.07, 6.45) is 0.762. The van der Waals surface area contributed by atoms with Crippen molar-refractivity contribution in [1.82, 2.24) is 5.16 Å². The Labute approximate surface area is 135 Å². The smallest absolute Gasteiger partial charge is 0.167 e. The molecule has 0 spiro atoms. The van der Waals surface area contributed by atoms with Crippen molar-refractivity contribution in [3.63, 3.8) is 0 Å². The molecule has 0 atom stereocenters. The normalized spacial score (nSPS) is 10.4. The van der Waals surface area contributed by atoms with E-state index in [-0.39, 0.29) is 6.61 Å². The van der Waals surface area contributed by atoms with Crippen molar-refractivity contribution in [3.05, 3.63) is 70.3 Å². The maximum absolute atomic E-state index is 11.0. The molecule has 0 fully saturated rings. The average Bonchev–Trinajstić information content (AvgIpc) is 3.03. The minimum absolute atomic E-state index is 0.235. The Morgan fingerprint density at radius 2 is 1.95 bits per heavy atom. The summed E-state index contributed by atoms with van der Waals surface area (Å²) in [5.74, 6) is 1.20. The van der Waals surface area contributed by atoms with Crippen molar-refractivity contribution in [2.75, 3.05) is 0 Å². The molecule has 0 saturated carbocycles. The molecule has 0 aliphatic rings. The summed E-state index contributed by atoms with van der Waals surface area (Å²) in [4.78, 5) is 11.0. The third-order valence-corrected chi connectivity index (χ3v) is 3.58. The van der Waals surface area contributed by atoms with Gasteiger partial charge in [-0.2, -0.15) is 0 Å². The molecule has 0 N–H and O–H groups in total. The molecular formula is C17H12BrNO3. The highest BCUT2D eigenvalue weighted by molar-refractivity contribution is 9.10. The van der Waals surface area contributed by atoms with Gasteiger partial charge in [-0.15, -0.1) is 0 Å². The van der Waals surface area contributed by atoms with Gasteiger partial charge in [0.25, 0.3) is 0 Å². The molecule has 0 amide bonds. The minimum atomic E-state index is 0.235. The van der Waals surface area contributed by atoms with Crippen molar-refractivity contribution < 1.29 is 14.1 Å². The largest absolute Gasteiger partial charge is 0.486 e. The van der Waals surface area contributed by atoms with E-state index >= 15 is 0 Å². The second-order valence-corrected chi connectivity index (χ2v) is 5.55. The predicted molar refractivity (Wildman–Crippen MR) is 85.8 cm³/mol. The number of halogens is 1.